The van der Waals surface area contributed by atoms with Crippen LogP contribution >= 0.6 is 11.3 Å². The Bertz CT molecular complexity index is 839. The lowest BCUT2D eigenvalue weighted by Crippen LogP contribution is -2.31. The molecule has 25 heavy (non-hydrogen) atoms. The second kappa shape index (κ2) is 6.67. The van der Waals surface area contributed by atoms with E-state index in [1.54, 1.807) is 17.9 Å². The number of carbonyl (C=O) groups is 2. The number of aromatic carboxylic acids is 1. The van der Waals surface area contributed by atoms with Crippen LogP contribution < -0.4 is 9.64 Å². The third-order valence-electron chi connectivity index (χ3n) is 3.90. The van der Waals surface area contributed by atoms with Crippen LogP contribution in [0.2, 0.25) is 0 Å². The molecule has 1 N–H and O–H groups in total. The van der Waals surface area contributed by atoms with Crippen molar-refractivity contribution in [2.75, 3.05) is 25.1 Å². The van der Waals surface area contributed by atoms with Crippen LogP contribution in [0.4, 0.5) is 14.3 Å². The van der Waals surface area contributed by atoms with Crippen molar-refractivity contribution < 1.29 is 23.8 Å². The van der Waals surface area contributed by atoms with E-state index in [0.29, 0.717) is 29.5 Å². The molecule has 3 rings (SSSR count). The SMILES string of the molecule is COc1ccc(CN2CCN(c3nc(C)c(C(=O)O)s3)C2=O)cc1F. The third kappa shape index (κ3) is 3.27. The second-order valence-corrected chi connectivity index (χ2v) is 6.52. The Balaban J connectivity index is 1.74. The van der Waals surface area contributed by atoms with Gasteiger partial charge in [-0.15, -0.1) is 0 Å². The van der Waals surface area contributed by atoms with E-state index in [9.17, 15) is 14.0 Å². The van der Waals surface area contributed by atoms with Gasteiger partial charge in [-0.3, -0.25) is 4.90 Å². The predicted octanol–water partition coefficient (Wildman–Crippen LogP) is 2.74. The first-order valence-corrected chi connectivity index (χ1v) is 8.32. The smallest absolute Gasteiger partial charge is 0.347 e. The van der Waals surface area contributed by atoms with Crippen LogP contribution in [0.1, 0.15) is 20.9 Å². The number of amides is 2. The number of carbonyl (C=O) groups excluding carboxylic acids is 1. The third-order valence-corrected chi connectivity index (χ3v) is 5.06. The second-order valence-electron chi connectivity index (χ2n) is 5.54. The highest BCUT2D eigenvalue weighted by atomic mass is 32.1. The van der Waals surface area contributed by atoms with Crippen LogP contribution in [-0.2, 0) is 6.54 Å². The standard InChI is InChI=1S/C16H16FN3O4S/c1-9-13(14(21)22)25-15(18-9)20-6-5-19(16(20)23)8-10-3-4-12(24-2)11(17)7-10/h3-4,7H,5-6,8H2,1-2H3,(H,21,22). The first-order chi connectivity index (χ1) is 11.9. The number of carboxylic acid groups (broad SMARTS) is 1. The Morgan fingerprint density at radius 1 is 1.44 bits per heavy atom. The number of carboxylic acids is 1. The number of urea groups is 1. The van der Waals surface area contributed by atoms with E-state index in [-0.39, 0.29) is 23.2 Å². The van der Waals surface area contributed by atoms with Gasteiger partial charge in [0.15, 0.2) is 16.7 Å². The number of aryl methyl sites for hydroxylation is 1. The van der Waals surface area contributed by atoms with Gasteiger partial charge in [0.1, 0.15) is 4.88 Å². The molecule has 2 aromatic rings. The van der Waals surface area contributed by atoms with Crippen molar-refractivity contribution in [3.63, 3.8) is 0 Å². The van der Waals surface area contributed by atoms with E-state index in [1.807, 2.05) is 0 Å². The highest BCUT2D eigenvalue weighted by Gasteiger charge is 2.32. The summed E-state index contributed by atoms with van der Waals surface area (Å²) in [4.78, 5) is 31.0. The summed E-state index contributed by atoms with van der Waals surface area (Å²) in [6.45, 7) is 2.71. The summed E-state index contributed by atoms with van der Waals surface area (Å²) in [7, 11) is 1.39. The molecular weight excluding hydrogens is 349 g/mol. The van der Waals surface area contributed by atoms with Gasteiger partial charge in [-0.2, -0.15) is 0 Å². The van der Waals surface area contributed by atoms with E-state index in [4.69, 9.17) is 9.84 Å². The molecule has 2 amide bonds. The molecule has 1 aliphatic rings. The summed E-state index contributed by atoms with van der Waals surface area (Å²) in [6, 6.07) is 4.28. The maximum Gasteiger partial charge on any atom is 0.347 e. The van der Waals surface area contributed by atoms with Gasteiger partial charge in [0.05, 0.1) is 12.8 Å². The van der Waals surface area contributed by atoms with E-state index in [2.05, 4.69) is 4.98 Å². The van der Waals surface area contributed by atoms with Crippen LogP contribution in [0.5, 0.6) is 5.75 Å². The molecule has 0 unspecified atom stereocenters. The number of thiazole rings is 1. The zero-order valence-electron chi connectivity index (χ0n) is 13.7. The average molecular weight is 365 g/mol. The van der Waals surface area contributed by atoms with Gasteiger partial charge in [-0.25, -0.2) is 19.0 Å². The molecule has 0 radical (unpaired) electrons. The number of ether oxygens (including phenoxy) is 1. The fraction of sp³-hybridized carbons (Fsp3) is 0.312. The molecule has 0 aliphatic carbocycles. The van der Waals surface area contributed by atoms with Gasteiger partial charge >= 0.3 is 12.0 Å². The topological polar surface area (TPSA) is 83.0 Å². The van der Waals surface area contributed by atoms with Crippen molar-refractivity contribution in [2.45, 2.75) is 13.5 Å². The normalized spacial score (nSPS) is 14.3. The Morgan fingerprint density at radius 3 is 2.80 bits per heavy atom. The molecule has 2 heterocycles. The fourth-order valence-electron chi connectivity index (χ4n) is 2.63. The zero-order valence-corrected chi connectivity index (χ0v) is 14.5. The molecule has 132 valence electrons. The molecule has 0 bridgehead atoms. The molecular formula is C16H16FN3O4S. The molecule has 1 aromatic heterocycles. The monoisotopic (exact) mass is 365 g/mol. The van der Waals surface area contributed by atoms with Gasteiger partial charge in [0.2, 0.25) is 0 Å². The number of rotatable bonds is 5. The summed E-state index contributed by atoms with van der Waals surface area (Å²) in [5.41, 5.74) is 1.03. The van der Waals surface area contributed by atoms with Crippen molar-refractivity contribution in [1.82, 2.24) is 9.88 Å². The minimum atomic E-state index is -1.06. The Hall–Kier alpha value is -2.68. The number of aromatic nitrogens is 1. The number of halogens is 1. The highest BCUT2D eigenvalue weighted by molar-refractivity contribution is 7.17. The lowest BCUT2D eigenvalue weighted by molar-refractivity contribution is 0.0701. The van der Waals surface area contributed by atoms with Gasteiger partial charge in [-0.1, -0.05) is 17.4 Å². The lowest BCUT2D eigenvalue weighted by Gasteiger charge is -2.17. The number of nitrogens with zero attached hydrogens (tertiary/aromatic N) is 3. The van der Waals surface area contributed by atoms with Crippen molar-refractivity contribution in [1.29, 1.82) is 0 Å². The van der Waals surface area contributed by atoms with Crippen LogP contribution in [0, 0.1) is 12.7 Å². The highest BCUT2D eigenvalue weighted by Crippen LogP contribution is 2.29. The molecule has 1 saturated heterocycles. The Morgan fingerprint density at radius 2 is 2.20 bits per heavy atom. The fourth-order valence-corrected chi connectivity index (χ4v) is 3.56. The van der Waals surface area contributed by atoms with Crippen molar-refractivity contribution >= 4 is 28.5 Å². The van der Waals surface area contributed by atoms with E-state index in [1.165, 1.54) is 24.1 Å². The summed E-state index contributed by atoms with van der Waals surface area (Å²) in [5.74, 6) is -1.39. The van der Waals surface area contributed by atoms with Gasteiger partial charge < -0.3 is 14.7 Å². The molecule has 7 nitrogen and oxygen atoms in total. The number of hydrogen-bond acceptors (Lipinski definition) is 5. The van der Waals surface area contributed by atoms with Crippen molar-refractivity contribution in [2.24, 2.45) is 0 Å². The molecule has 0 atom stereocenters. The minimum Gasteiger partial charge on any atom is -0.494 e. The molecule has 9 heteroatoms. The predicted molar refractivity (Wildman–Crippen MR) is 89.9 cm³/mol. The van der Waals surface area contributed by atoms with Crippen molar-refractivity contribution in [3.8, 4) is 5.75 Å². The quantitative estimate of drug-likeness (QED) is 0.881. The first-order valence-electron chi connectivity index (χ1n) is 7.50. The average Bonchev–Trinajstić information content (AvgIpc) is 3.11. The first kappa shape index (κ1) is 17.2. The molecule has 1 aliphatic heterocycles. The van der Waals surface area contributed by atoms with E-state index in [0.717, 1.165) is 11.3 Å². The molecule has 1 aromatic carbocycles. The maximum absolute atomic E-state index is 13.8. The zero-order chi connectivity index (χ0) is 18.1. The van der Waals surface area contributed by atoms with Gasteiger partial charge in [0, 0.05) is 19.6 Å². The lowest BCUT2D eigenvalue weighted by atomic mass is 10.2. The minimum absolute atomic E-state index is 0.124. The Kier molecular flexibility index (Phi) is 4.58. The number of anilines is 1. The number of methoxy groups -OCH3 is 1. The van der Waals surface area contributed by atoms with E-state index < -0.39 is 11.8 Å². The summed E-state index contributed by atoms with van der Waals surface area (Å²) in [5, 5.41) is 9.48. The van der Waals surface area contributed by atoms with Crippen LogP contribution in [0.15, 0.2) is 18.2 Å². The number of hydrogen-bond donors (Lipinski definition) is 1. The van der Waals surface area contributed by atoms with Crippen molar-refractivity contribution in [3.05, 3.63) is 40.2 Å². The molecule has 0 saturated carbocycles. The van der Waals surface area contributed by atoms with Crippen LogP contribution in [-0.4, -0.2) is 47.2 Å². The van der Waals surface area contributed by atoms with E-state index >= 15 is 0 Å². The summed E-state index contributed by atoms with van der Waals surface area (Å²) >= 11 is 0.976. The summed E-state index contributed by atoms with van der Waals surface area (Å²) < 4.78 is 18.7. The molecule has 1 fully saturated rings. The number of benzene rings is 1. The Labute approximate surface area is 147 Å². The summed E-state index contributed by atoms with van der Waals surface area (Å²) in [6.07, 6.45) is 0. The largest absolute Gasteiger partial charge is 0.494 e. The van der Waals surface area contributed by atoms with Gasteiger partial charge in [0.25, 0.3) is 0 Å². The van der Waals surface area contributed by atoms with Crippen LogP contribution in [0.3, 0.4) is 0 Å². The molecule has 0 spiro atoms. The van der Waals surface area contributed by atoms with Gasteiger partial charge in [-0.05, 0) is 24.6 Å². The van der Waals surface area contributed by atoms with Crippen LogP contribution in [0.25, 0.3) is 0 Å². The maximum atomic E-state index is 13.8.